The van der Waals surface area contributed by atoms with Crippen molar-refractivity contribution in [3.05, 3.63) is 29.3 Å². The molecular formula is C15H22N4O2. The number of carbonyl (C=O) groups is 2. The van der Waals surface area contributed by atoms with E-state index in [-0.39, 0.29) is 11.8 Å². The van der Waals surface area contributed by atoms with Gasteiger partial charge in [0.05, 0.1) is 5.56 Å². The van der Waals surface area contributed by atoms with Crippen LogP contribution in [0.15, 0.2) is 18.2 Å². The van der Waals surface area contributed by atoms with Crippen LogP contribution in [0.4, 0.5) is 10.5 Å². The number of nitrogens with zero attached hydrogens (tertiary/aromatic N) is 1. The van der Waals surface area contributed by atoms with Crippen LogP contribution in [0.1, 0.15) is 28.8 Å². The van der Waals surface area contributed by atoms with Gasteiger partial charge in [0.1, 0.15) is 0 Å². The second-order valence-electron chi connectivity index (χ2n) is 5.54. The number of amides is 3. The Kier molecular flexibility index (Phi) is 4.67. The summed E-state index contributed by atoms with van der Waals surface area (Å²) in [5.74, 6) is 0.204. The summed E-state index contributed by atoms with van der Waals surface area (Å²) in [6, 6.07) is 4.95. The fourth-order valence-electron chi connectivity index (χ4n) is 2.80. The van der Waals surface area contributed by atoms with Gasteiger partial charge in [0.15, 0.2) is 0 Å². The maximum absolute atomic E-state index is 12.7. The summed E-state index contributed by atoms with van der Waals surface area (Å²) in [6.45, 7) is 3.73. The quantitative estimate of drug-likeness (QED) is 0.726. The lowest BCUT2D eigenvalue weighted by molar-refractivity contribution is 0.0675. The SMILES string of the molecule is Cc1cccc(N)c1C(=O)N1CCCC(CNC(N)=O)C1. The van der Waals surface area contributed by atoms with Gasteiger partial charge in [0.25, 0.3) is 5.91 Å². The van der Waals surface area contributed by atoms with Crippen molar-refractivity contribution in [2.45, 2.75) is 19.8 Å². The number of urea groups is 1. The van der Waals surface area contributed by atoms with Crippen LogP contribution in [0.5, 0.6) is 0 Å². The largest absolute Gasteiger partial charge is 0.398 e. The molecule has 1 saturated heterocycles. The number of anilines is 1. The predicted molar refractivity (Wildman–Crippen MR) is 81.8 cm³/mol. The lowest BCUT2D eigenvalue weighted by Gasteiger charge is -2.33. The molecule has 21 heavy (non-hydrogen) atoms. The van der Waals surface area contributed by atoms with Crippen molar-refractivity contribution in [2.75, 3.05) is 25.4 Å². The van der Waals surface area contributed by atoms with Gasteiger partial charge in [0, 0.05) is 25.3 Å². The molecule has 0 spiro atoms. The second-order valence-corrected chi connectivity index (χ2v) is 5.54. The van der Waals surface area contributed by atoms with Gasteiger partial charge in [-0.05, 0) is 37.3 Å². The Morgan fingerprint density at radius 2 is 2.19 bits per heavy atom. The van der Waals surface area contributed by atoms with Crippen molar-refractivity contribution in [1.29, 1.82) is 0 Å². The molecule has 2 rings (SSSR count). The molecule has 6 heteroatoms. The molecule has 1 atom stereocenters. The van der Waals surface area contributed by atoms with E-state index in [1.54, 1.807) is 6.07 Å². The minimum atomic E-state index is -0.526. The number of hydrogen-bond acceptors (Lipinski definition) is 3. The third kappa shape index (κ3) is 3.65. The van der Waals surface area contributed by atoms with Crippen molar-refractivity contribution in [1.82, 2.24) is 10.2 Å². The summed E-state index contributed by atoms with van der Waals surface area (Å²) in [4.78, 5) is 25.3. The van der Waals surface area contributed by atoms with Crippen LogP contribution in [0.25, 0.3) is 0 Å². The molecule has 1 heterocycles. The van der Waals surface area contributed by atoms with Gasteiger partial charge in [0.2, 0.25) is 0 Å². The molecule has 114 valence electrons. The van der Waals surface area contributed by atoms with Crippen molar-refractivity contribution in [3.63, 3.8) is 0 Å². The molecule has 5 N–H and O–H groups in total. The molecule has 3 amide bonds. The molecule has 1 aromatic carbocycles. The molecular weight excluding hydrogens is 268 g/mol. The summed E-state index contributed by atoms with van der Waals surface area (Å²) in [5, 5.41) is 2.61. The number of piperidine rings is 1. The first kappa shape index (κ1) is 15.2. The number of benzene rings is 1. The van der Waals surface area contributed by atoms with E-state index in [4.69, 9.17) is 11.5 Å². The molecule has 1 aromatic rings. The highest BCUT2D eigenvalue weighted by molar-refractivity contribution is 6.00. The summed E-state index contributed by atoms with van der Waals surface area (Å²) >= 11 is 0. The molecule has 1 aliphatic heterocycles. The number of hydrogen-bond donors (Lipinski definition) is 3. The van der Waals surface area contributed by atoms with Crippen LogP contribution in [0, 0.1) is 12.8 Å². The van der Waals surface area contributed by atoms with Crippen LogP contribution in [0.3, 0.4) is 0 Å². The van der Waals surface area contributed by atoms with Crippen molar-refractivity contribution < 1.29 is 9.59 Å². The zero-order valence-electron chi connectivity index (χ0n) is 12.3. The monoisotopic (exact) mass is 290 g/mol. The van der Waals surface area contributed by atoms with Gasteiger partial charge in [-0.2, -0.15) is 0 Å². The Balaban J connectivity index is 2.07. The van der Waals surface area contributed by atoms with E-state index in [2.05, 4.69) is 5.32 Å². The predicted octanol–water partition coefficient (Wildman–Crippen LogP) is 1.10. The third-order valence-corrected chi connectivity index (χ3v) is 3.89. The number of carbonyl (C=O) groups excluding carboxylic acids is 2. The molecule has 0 saturated carbocycles. The zero-order chi connectivity index (χ0) is 15.4. The first-order chi connectivity index (χ1) is 9.99. The van der Waals surface area contributed by atoms with Gasteiger partial charge < -0.3 is 21.7 Å². The third-order valence-electron chi connectivity index (χ3n) is 3.89. The second kappa shape index (κ2) is 6.47. The number of nitrogens with one attached hydrogen (secondary N) is 1. The summed E-state index contributed by atoms with van der Waals surface area (Å²) in [5.41, 5.74) is 13.0. The van der Waals surface area contributed by atoms with Gasteiger partial charge in [-0.1, -0.05) is 12.1 Å². The van der Waals surface area contributed by atoms with E-state index in [9.17, 15) is 9.59 Å². The lowest BCUT2D eigenvalue weighted by atomic mass is 9.96. The van der Waals surface area contributed by atoms with E-state index < -0.39 is 6.03 Å². The van der Waals surface area contributed by atoms with Crippen molar-refractivity contribution in [3.8, 4) is 0 Å². The van der Waals surface area contributed by atoms with Gasteiger partial charge >= 0.3 is 6.03 Å². The standard InChI is InChI=1S/C15H22N4O2/c1-10-4-2-6-12(16)13(10)14(20)19-7-3-5-11(9-19)8-18-15(17)21/h2,4,6,11H,3,5,7-9,16H2,1H3,(H3,17,18,21). The highest BCUT2D eigenvalue weighted by atomic mass is 16.2. The van der Waals surface area contributed by atoms with Crippen molar-refractivity contribution >= 4 is 17.6 Å². The molecule has 1 fully saturated rings. The summed E-state index contributed by atoms with van der Waals surface area (Å²) in [6.07, 6.45) is 1.90. The van der Waals surface area contributed by atoms with E-state index in [0.29, 0.717) is 24.3 Å². The smallest absolute Gasteiger partial charge is 0.312 e. The molecule has 0 aromatic heterocycles. The minimum Gasteiger partial charge on any atom is -0.398 e. The first-order valence-corrected chi connectivity index (χ1v) is 7.16. The fourth-order valence-corrected chi connectivity index (χ4v) is 2.80. The number of nitrogen functional groups attached to an aromatic ring is 1. The van der Waals surface area contributed by atoms with Crippen LogP contribution in [-0.2, 0) is 0 Å². The van der Waals surface area contributed by atoms with Crippen molar-refractivity contribution in [2.24, 2.45) is 11.7 Å². The highest BCUT2D eigenvalue weighted by Gasteiger charge is 2.26. The number of primary amides is 1. The first-order valence-electron chi connectivity index (χ1n) is 7.16. The topological polar surface area (TPSA) is 101 Å². The van der Waals surface area contributed by atoms with Crippen LogP contribution in [0.2, 0.25) is 0 Å². The fraction of sp³-hybridized carbons (Fsp3) is 0.467. The molecule has 1 aliphatic rings. The number of rotatable bonds is 3. The van der Waals surface area contributed by atoms with Gasteiger partial charge in [-0.25, -0.2) is 4.79 Å². The summed E-state index contributed by atoms with van der Waals surface area (Å²) < 4.78 is 0. The summed E-state index contributed by atoms with van der Waals surface area (Å²) in [7, 11) is 0. The number of likely N-dealkylation sites (tertiary alicyclic amines) is 1. The lowest BCUT2D eigenvalue weighted by Crippen LogP contribution is -2.44. The Labute approximate surface area is 124 Å². The number of nitrogens with two attached hydrogens (primary N) is 2. The Morgan fingerprint density at radius 3 is 2.86 bits per heavy atom. The molecule has 0 radical (unpaired) electrons. The molecule has 6 nitrogen and oxygen atoms in total. The maximum atomic E-state index is 12.7. The Hall–Kier alpha value is -2.24. The molecule has 0 bridgehead atoms. The van der Waals surface area contributed by atoms with E-state index in [0.717, 1.165) is 24.9 Å². The zero-order valence-corrected chi connectivity index (χ0v) is 12.3. The Bertz CT molecular complexity index is 524. The van der Waals surface area contributed by atoms with Crippen LogP contribution >= 0.6 is 0 Å². The van der Waals surface area contributed by atoms with E-state index in [1.807, 2.05) is 24.0 Å². The van der Waals surface area contributed by atoms with Gasteiger partial charge in [-0.15, -0.1) is 0 Å². The maximum Gasteiger partial charge on any atom is 0.312 e. The minimum absolute atomic E-state index is 0.0330. The average Bonchev–Trinajstić information content (AvgIpc) is 2.45. The van der Waals surface area contributed by atoms with Crippen LogP contribution < -0.4 is 16.8 Å². The average molecular weight is 290 g/mol. The van der Waals surface area contributed by atoms with Crippen LogP contribution in [-0.4, -0.2) is 36.5 Å². The molecule has 0 aliphatic carbocycles. The van der Waals surface area contributed by atoms with E-state index >= 15 is 0 Å². The normalized spacial score (nSPS) is 18.3. The Morgan fingerprint density at radius 1 is 1.43 bits per heavy atom. The molecule has 1 unspecified atom stereocenters. The highest BCUT2D eigenvalue weighted by Crippen LogP contribution is 2.22. The van der Waals surface area contributed by atoms with Gasteiger partial charge in [-0.3, -0.25) is 4.79 Å². The number of aryl methyl sites for hydroxylation is 1. The van der Waals surface area contributed by atoms with E-state index in [1.165, 1.54) is 0 Å².